The minimum Gasteiger partial charge on any atom is -0.494 e. The average molecular weight is 405 g/mol. The second-order valence-electron chi connectivity index (χ2n) is 7.51. The molecule has 0 heterocycles. The van der Waals surface area contributed by atoms with Gasteiger partial charge in [-0.05, 0) is 49.4 Å². The first kappa shape index (κ1) is 22.7. The van der Waals surface area contributed by atoms with E-state index < -0.39 is 5.97 Å². The molecule has 2 rings (SSSR count). The van der Waals surface area contributed by atoms with E-state index in [-0.39, 0.29) is 31.0 Å². The Balaban J connectivity index is 1.66. The molecule has 29 heavy (non-hydrogen) atoms. The Morgan fingerprint density at radius 2 is 1.83 bits per heavy atom. The van der Waals surface area contributed by atoms with Crippen molar-refractivity contribution in [1.29, 1.82) is 0 Å². The van der Waals surface area contributed by atoms with Crippen LogP contribution in [-0.4, -0.2) is 43.6 Å². The Morgan fingerprint density at radius 1 is 1.10 bits per heavy atom. The molecule has 1 aliphatic carbocycles. The number of rotatable bonds is 10. The van der Waals surface area contributed by atoms with Crippen molar-refractivity contribution >= 4 is 17.8 Å². The third-order valence-corrected chi connectivity index (χ3v) is 5.10. The SMILES string of the molecule is CCCCOc1ccc(C(=O)NCC(=O)OCC(=O)N[C@@H]2CCCC[C@@H]2C)cc1. The van der Waals surface area contributed by atoms with Gasteiger partial charge in [0.25, 0.3) is 11.8 Å². The monoisotopic (exact) mass is 404 g/mol. The predicted octanol–water partition coefficient (Wildman–Crippen LogP) is 2.83. The number of carbonyl (C=O) groups excluding carboxylic acids is 3. The van der Waals surface area contributed by atoms with Gasteiger partial charge in [0.05, 0.1) is 6.61 Å². The van der Waals surface area contributed by atoms with Crippen LogP contribution in [0.4, 0.5) is 0 Å². The maximum absolute atomic E-state index is 12.1. The van der Waals surface area contributed by atoms with Gasteiger partial charge in [0.1, 0.15) is 12.3 Å². The van der Waals surface area contributed by atoms with Gasteiger partial charge < -0.3 is 20.1 Å². The van der Waals surface area contributed by atoms with Crippen molar-refractivity contribution in [3.05, 3.63) is 29.8 Å². The summed E-state index contributed by atoms with van der Waals surface area (Å²) in [4.78, 5) is 35.9. The molecule has 1 fully saturated rings. The minimum atomic E-state index is -0.648. The number of amides is 2. The average Bonchev–Trinajstić information content (AvgIpc) is 2.73. The fraction of sp³-hybridized carbons (Fsp3) is 0.591. The highest BCUT2D eigenvalue weighted by molar-refractivity contribution is 5.96. The van der Waals surface area contributed by atoms with Crippen LogP contribution in [0.3, 0.4) is 0 Å². The van der Waals surface area contributed by atoms with E-state index in [2.05, 4.69) is 24.5 Å². The summed E-state index contributed by atoms with van der Waals surface area (Å²) in [6, 6.07) is 6.86. The second kappa shape index (κ2) is 12.1. The van der Waals surface area contributed by atoms with Crippen molar-refractivity contribution in [1.82, 2.24) is 10.6 Å². The number of unbranched alkanes of at least 4 members (excludes halogenated alkanes) is 1. The fourth-order valence-electron chi connectivity index (χ4n) is 3.27. The number of carbonyl (C=O) groups is 3. The molecule has 0 aliphatic heterocycles. The first-order chi connectivity index (χ1) is 14.0. The number of hydrogen-bond donors (Lipinski definition) is 2. The molecular weight excluding hydrogens is 372 g/mol. The molecule has 0 bridgehead atoms. The molecule has 0 unspecified atom stereocenters. The second-order valence-corrected chi connectivity index (χ2v) is 7.51. The molecule has 1 aromatic rings. The van der Waals surface area contributed by atoms with E-state index in [1.165, 1.54) is 6.42 Å². The Bertz CT molecular complexity index is 674. The normalized spacial score (nSPS) is 18.6. The third kappa shape index (κ3) is 8.13. The van der Waals surface area contributed by atoms with Gasteiger partial charge in [-0.15, -0.1) is 0 Å². The first-order valence-electron chi connectivity index (χ1n) is 10.5. The van der Waals surface area contributed by atoms with Crippen LogP contribution in [-0.2, 0) is 14.3 Å². The molecule has 2 N–H and O–H groups in total. The van der Waals surface area contributed by atoms with Crippen LogP contribution in [0.5, 0.6) is 5.75 Å². The van der Waals surface area contributed by atoms with Gasteiger partial charge in [-0.25, -0.2) is 0 Å². The lowest BCUT2D eigenvalue weighted by atomic mass is 9.86. The predicted molar refractivity (Wildman–Crippen MR) is 110 cm³/mol. The fourth-order valence-corrected chi connectivity index (χ4v) is 3.27. The van der Waals surface area contributed by atoms with Crippen LogP contribution in [0, 0.1) is 5.92 Å². The molecule has 7 heteroatoms. The number of esters is 1. The van der Waals surface area contributed by atoms with Crippen molar-refractivity contribution in [2.45, 2.75) is 58.4 Å². The van der Waals surface area contributed by atoms with Crippen molar-refractivity contribution in [3.8, 4) is 5.75 Å². The zero-order chi connectivity index (χ0) is 21.1. The number of benzene rings is 1. The molecule has 2 atom stereocenters. The lowest BCUT2D eigenvalue weighted by molar-refractivity contribution is -0.147. The standard InChI is InChI=1S/C22H32N2O5/c1-3-4-13-28-18-11-9-17(10-12-18)22(27)23-14-21(26)29-15-20(25)24-19-8-6-5-7-16(19)2/h9-12,16,19H,3-8,13-15H2,1-2H3,(H,23,27)(H,24,25)/t16-,19+/m0/s1. The van der Waals surface area contributed by atoms with Crippen molar-refractivity contribution in [3.63, 3.8) is 0 Å². The van der Waals surface area contributed by atoms with E-state index in [1.54, 1.807) is 24.3 Å². The van der Waals surface area contributed by atoms with Gasteiger partial charge in [0.15, 0.2) is 6.61 Å². The van der Waals surface area contributed by atoms with Gasteiger partial charge in [-0.1, -0.05) is 33.1 Å². The zero-order valence-electron chi connectivity index (χ0n) is 17.4. The zero-order valence-corrected chi connectivity index (χ0v) is 17.4. The largest absolute Gasteiger partial charge is 0.494 e. The van der Waals surface area contributed by atoms with Gasteiger partial charge in [-0.3, -0.25) is 14.4 Å². The van der Waals surface area contributed by atoms with Gasteiger partial charge in [0.2, 0.25) is 0 Å². The maximum atomic E-state index is 12.1. The molecule has 7 nitrogen and oxygen atoms in total. The molecular formula is C22H32N2O5. The molecule has 0 saturated heterocycles. The van der Waals surface area contributed by atoms with Crippen molar-refractivity contribution in [2.75, 3.05) is 19.8 Å². The van der Waals surface area contributed by atoms with E-state index in [0.29, 0.717) is 23.8 Å². The molecule has 160 valence electrons. The lowest BCUT2D eigenvalue weighted by Gasteiger charge is -2.29. The number of ether oxygens (including phenoxy) is 2. The first-order valence-corrected chi connectivity index (χ1v) is 10.5. The van der Waals surface area contributed by atoms with Crippen molar-refractivity contribution < 1.29 is 23.9 Å². The van der Waals surface area contributed by atoms with Gasteiger partial charge in [0, 0.05) is 11.6 Å². The quantitative estimate of drug-likeness (QED) is 0.462. The molecule has 1 saturated carbocycles. The van der Waals surface area contributed by atoms with E-state index in [4.69, 9.17) is 9.47 Å². The van der Waals surface area contributed by atoms with E-state index >= 15 is 0 Å². The Kier molecular flexibility index (Phi) is 9.47. The smallest absolute Gasteiger partial charge is 0.325 e. The van der Waals surface area contributed by atoms with Crippen LogP contribution >= 0.6 is 0 Å². The van der Waals surface area contributed by atoms with E-state index in [1.807, 2.05) is 0 Å². The van der Waals surface area contributed by atoms with Crippen LogP contribution < -0.4 is 15.4 Å². The Labute approximate surface area is 172 Å². The molecule has 0 spiro atoms. The van der Waals surface area contributed by atoms with Gasteiger partial charge in [-0.2, -0.15) is 0 Å². The maximum Gasteiger partial charge on any atom is 0.325 e. The number of nitrogens with one attached hydrogen (secondary N) is 2. The summed E-state index contributed by atoms with van der Waals surface area (Å²) in [5, 5.41) is 5.42. The van der Waals surface area contributed by atoms with E-state index in [0.717, 1.165) is 32.1 Å². The Morgan fingerprint density at radius 3 is 2.52 bits per heavy atom. The van der Waals surface area contributed by atoms with E-state index in [9.17, 15) is 14.4 Å². The molecule has 1 aliphatic rings. The van der Waals surface area contributed by atoms with Crippen molar-refractivity contribution in [2.24, 2.45) is 5.92 Å². The summed E-state index contributed by atoms with van der Waals surface area (Å²) in [7, 11) is 0. The molecule has 0 radical (unpaired) electrons. The summed E-state index contributed by atoms with van der Waals surface area (Å²) in [6.07, 6.45) is 6.38. The highest BCUT2D eigenvalue weighted by atomic mass is 16.5. The van der Waals surface area contributed by atoms with Gasteiger partial charge >= 0.3 is 5.97 Å². The summed E-state index contributed by atoms with van der Waals surface area (Å²) in [5.41, 5.74) is 0.421. The molecule has 2 amide bonds. The summed E-state index contributed by atoms with van der Waals surface area (Å²) < 4.78 is 10.5. The number of hydrogen-bond acceptors (Lipinski definition) is 5. The van der Waals surface area contributed by atoms with Crippen LogP contribution in [0.25, 0.3) is 0 Å². The topological polar surface area (TPSA) is 93.7 Å². The molecule has 0 aromatic heterocycles. The molecule has 1 aromatic carbocycles. The lowest BCUT2D eigenvalue weighted by Crippen LogP contribution is -2.43. The summed E-state index contributed by atoms with van der Waals surface area (Å²) in [5.74, 6) is -0.201. The minimum absolute atomic E-state index is 0.142. The van der Waals surface area contributed by atoms with Crippen LogP contribution in [0.1, 0.15) is 62.7 Å². The highest BCUT2D eigenvalue weighted by Crippen LogP contribution is 2.23. The van der Waals surface area contributed by atoms with Crippen LogP contribution in [0.2, 0.25) is 0 Å². The summed E-state index contributed by atoms with van der Waals surface area (Å²) in [6.45, 7) is 4.23. The third-order valence-electron chi connectivity index (χ3n) is 5.10. The summed E-state index contributed by atoms with van der Waals surface area (Å²) >= 11 is 0. The van der Waals surface area contributed by atoms with Crippen LogP contribution in [0.15, 0.2) is 24.3 Å². The Hall–Kier alpha value is -2.57. The highest BCUT2D eigenvalue weighted by Gasteiger charge is 2.23.